The van der Waals surface area contributed by atoms with Crippen LogP contribution in [-0.2, 0) is 21.5 Å². The number of hydrogen-bond acceptors (Lipinski definition) is 8. The number of aromatic nitrogens is 5. The van der Waals surface area contributed by atoms with Crippen molar-refractivity contribution in [3.8, 4) is 28.3 Å². The average Bonchev–Trinajstić information content (AvgIpc) is 3.48. The first kappa shape index (κ1) is 25.4. The zero-order chi connectivity index (χ0) is 27.1. The Balaban J connectivity index is 1.40. The number of hydrogen-bond donors (Lipinski definition) is 0. The minimum Gasteiger partial charge on any atom is -0.442 e. The van der Waals surface area contributed by atoms with Gasteiger partial charge in [-0.15, -0.1) is 4.36 Å². The first-order chi connectivity index (χ1) is 18.0. The molecule has 11 nitrogen and oxygen atoms in total. The Kier molecular flexibility index (Phi) is 6.40. The van der Waals surface area contributed by atoms with Gasteiger partial charge in [0.05, 0.1) is 44.7 Å². The Morgan fingerprint density at radius 3 is 2.45 bits per heavy atom. The van der Waals surface area contributed by atoms with Gasteiger partial charge in [-0.25, -0.2) is 18.5 Å². The van der Waals surface area contributed by atoms with E-state index in [4.69, 9.17) is 4.74 Å². The van der Waals surface area contributed by atoms with Gasteiger partial charge in [-0.3, -0.25) is 4.68 Å². The fourth-order valence-corrected chi connectivity index (χ4v) is 6.05. The molecule has 1 fully saturated rings. The van der Waals surface area contributed by atoms with E-state index in [1.807, 2.05) is 42.5 Å². The highest BCUT2D eigenvalue weighted by Crippen LogP contribution is 2.32. The predicted molar refractivity (Wildman–Crippen MR) is 144 cm³/mol. The molecule has 0 bridgehead atoms. The summed E-state index contributed by atoms with van der Waals surface area (Å²) in [5.74, 6) is 1.25. The molecular weight excluding hydrogens is 504 g/mol. The molecule has 0 aliphatic carbocycles. The lowest BCUT2D eigenvalue weighted by Crippen LogP contribution is -2.41. The molecule has 0 unspecified atom stereocenters. The first-order valence-electron chi connectivity index (χ1n) is 12.1. The normalized spacial score (nSPS) is 15.3. The van der Waals surface area contributed by atoms with Crippen molar-refractivity contribution in [2.24, 2.45) is 11.4 Å². The van der Waals surface area contributed by atoms with Crippen molar-refractivity contribution in [3.05, 3.63) is 54.7 Å². The fourth-order valence-electron chi connectivity index (χ4n) is 4.34. The average molecular weight is 533 g/mol. The molecule has 0 N–H and O–H groups in total. The van der Waals surface area contributed by atoms with E-state index in [1.54, 1.807) is 48.6 Å². The standard InChI is InChI=1S/C26H28N8O3S/c1-26(2,3)37-25(35)31-38(36)9-7-33(8-10-38)23-6-5-18(13-28-23)22-11-19(21-15-29-32(4)16-21)17-34-24(22)20(12-27)14-30-34/h5-6,11,13-17H,7-10H2,1-4H3. The molecule has 196 valence electrons. The zero-order valence-corrected chi connectivity index (χ0v) is 22.5. The van der Waals surface area contributed by atoms with Gasteiger partial charge < -0.3 is 9.64 Å². The van der Waals surface area contributed by atoms with Crippen LogP contribution in [0.1, 0.15) is 26.3 Å². The third-order valence-electron chi connectivity index (χ3n) is 6.15. The monoisotopic (exact) mass is 532 g/mol. The summed E-state index contributed by atoms with van der Waals surface area (Å²) in [5.41, 5.74) is 4.01. The van der Waals surface area contributed by atoms with Gasteiger partial charge in [-0.05, 0) is 39.0 Å². The molecule has 0 radical (unpaired) electrons. The molecule has 0 saturated carbocycles. The Bertz CT molecular complexity index is 1670. The SMILES string of the molecule is Cn1cc(-c2cc(-c3ccc(N4CCS(=O)(=NC(=O)OC(C)(C)C)CC4)nc3)c3c(C#N)cnn3c2)cn1. The lowest BCUT2D eigenvalue weighted by Gasteiger charge is -2.29. The number of amides is 1. The number of ether oxygens (including phenoxy) is 1. The molecule has 12 heteroatoms. The van der Waals surface area contributed by atoms with Gasteiger partial charge in [0.2, 0.25) is 0 Å². The van der Waals surface area contributed by atoms with Crippen LogP contribution in [0.15, 0.2) is 53.5 Å². The van der Waals surface area contributed by atoms with E-state index < -0.39 is 21.4 Å². The van der Waals surface area contributed by atoms with E-state index in [-0.39, 0.29) is 11.5 Å². The zero-order valence-electron chi connectivity index (χ0n) is 21.7. The summed E-state index contributed by atoms with van der Waals surface area (Å²) in [6.45, 7) is 6.16. The molecule has 38 heavy (non-hydrogen) atoms. The number of pyridine rings is 2. The van der Waals surface area contributed by atoms with Crippen LogP contribution in [0.2, 0.25) is 0 Å². The molecule has 4 aromatic rings. The van der Waals surface area contributed by atoms with Crippen LogP contribution < -0.4 is 4.90 Å². The number of carbonyl (C=O) groups is 1. The van der Waals surface area contributed by atoms with Gasteiger partial charge in [-0.1, -0.05) is 0 Å². The van der Waals surface area contributed by atoms with Crippen molar-refractivity contribution in [2.45, 2.75) is 26.4 Å². The van der Waals surface area contributed by atoms with Crippen molar-refractivity contribution in [1.82, 2.24) is 24.4 Å². The van der Waals surface area contributed by atoms with Gasteiger partial charge in [-0.2, -0.15) is 15.5 Å². The van der Waals surface area contributed by atoms with Gasteiger partial charge >= 0.3 is 6.09 Å². The smallest absolute Gasteiger partial charge is 0.442 e. The number of nitrogens with zero attached hydrogens (tertiary/aromatic N) is 8. The maximum atomic E-state index is 13.1. The maximum absolute atomic E-state index is 13.1. The number of nitriles is 1. The van der Waals surface area contributed by atoms with Crippen LogP contribution in [0.3, 0.4) is 0 Å². The number of anilines is 1. The molecule has 0 atom stereocenters. The Hall–Kier alpha value is -4.24. The summed E-state index contributed by atoms with van der Waals surface area (Å²) >= 11 is 0. The molecule has 1 saturated heterocycles. The number of fused-ring (bicyclic) bond motifs is 1. The summed E-state index contributed by atoms with van der Waals surface area (Å²) in [6.07, 6.45) is 8.13. The Labute approximate surface area is 220 Å². The number of aryl methyl sites for hydroxylation is 1. The van der Waals surface area contributed by atoms with Gasteiger partial charge in [0.25, 0.3) is 0 Å². The van der Waals surface area contributed by atoms with E-state index in [9.17, 15) is 14.3 Å². The highest BCUT2D eigenvalue weighted by molar-refractivity contribution is 7.94. The van der Waals surface area contributed by atoms with Crippen LogP contribution >= 0.6 is 0 Å². The first-order valence-corrected chi connectivity index (χ1v) is 14.0. The number of rotatable bonds is 3. The van der Waals surface area contributed by atoms with E-state index in [2.05, 4.69) is 25.6 Å². The minimum absolute atomic E-state index is 0.255. The molecule has 1 aliphatic rings. The molecule has 4 aromatic heterocycles. The van der Waals surface area contributed by atoms with E-state index in [1.165, 1.54) is 0 Å². The predicted octanol–water partition coefficient (Wildman–Crippen LogP) is 3.89. The van der Waals surface area contributed by atoms with E-state index >= 15 is 0 Å². The van der Waals surface area contributed by atoms with Gasteiger partial charge in [0, 0.05) is 61.0 Å². The number of carbonyl (C=O) groups excluding carboxylic acids is 1. The highest BCUT2D eigenvalue weighted by Gasteiger charge is 2.25. The maximum Gasteiger partial charge on any atom is 0.442 e. The fraction of sp³-hybridized carbons (Fsp3) is 0.346. The lowest BCUT2D eigenvalue weighted by molar-refractivity contribution is 0.0607. The third-order valence-corrected chi connectivity index (χ3v) is 8.27. The van der Waals surface area contributed by atoms with Crippen molar-refractivity contribution in [2.75, 3.05) is 29.5 Å². The van der Waals surface area contributed by atoms with E-state index in [0.29, 0.717) is 24.2 Å². The van der Waals surface area contributed by atoms with Crippen LogP contribution in [0.5, 0.6) is 0 Å². The summed E-state index contributed by atoms with van der Waals surface area (Å²) in [5, 5.41) is 18.3. The van der Waals surface area contributed by atoms with Gasteiger partial charge in [0.15, 0.2) is 0 Å². The Morgan fingerprint density at radius 2 is 1.84 bits per heavy atom. The third kappa shape index (κ3) is 5.24. The van der Waals surface area contributed by atoms with Gasteiger partial charge in [0.1, 0.15) is 17.5 Å². The van der Waals surface area contributed by atoms with Crippen LogP contribution in [0.25, 0.3) is 27.8 Å². The molecule has 5 heterocycles. The summed E-state index contributed by atoms with van der Waals surface area (Å²) in [7, 11) is -0.816. The summed E-state index contributed by atoms with van der Waals surface area (Å²) < 4.78 is 25.6. The lowest BCUT2D eigenvalue weighted by atomic mass is 10.0. The summed E-state index contributed by atoms with van der Waals surface area (Å²) in [4.78, 5) is 18.8. The van der Waals surface area contributed by atoms with Crippen molar-refractivity contribution >= 4 is 27.2 Å². The second kappa shape index (κ2) is 9.57. The topological polar surface area (TPSA) is 131 Å². The van der Waals surface area contributed by atoms with Crippen LogP contribution in [0, 0.1) is 11.3 Å². The highest BCUT2D eigenvalue weighted by atomic mass is 32.2. The summed E-state index contributed by atoms with van der Waals surface area (Å²) in [6, 6.07) is 8.10. The molecule has 1 aliphatic heterocycles. The van der Waals surface area contributed by atoms with Crippen molar-refractivity contribution < 1.29 is 13.7 Å². The van der Waals surface area contributed by atoms with Crippen molar-refractivity contribution in [3.63, 3.8) is 0 Å². The quantitative estimate of drug-likeness (QED) is 0.388. The molecule has 1 amide bonds. The molecule has 0 aromatic carbocycles. The Morgan fingerprint density at radius 1 is 1.08 bits per heavy atom. The van der Waals surface area contributed by atoms with Crippen molar-refractivity contribution in [1.29, 1.82) is 5.26 Å². The molecule has 0 spiro atoms. The largest absolute Gasteiger partial charge is 0.442 e. The van der Waals surface area contributed by atoms with E-state index in [0.717, 1.165) is 28.1 Å². The molecular formula is C26H28N8O3S. The second-order valence-corrected chi connectivity index (χ2v) is 12.7. The molecule has 5 rings (SSSR count). The van der Waals surface area contributed by atoms with Crippen LogP contribution in [-0.4, -0.2) is 64.9 Å². The second-order valence-electron chi connectivity index (χ2n) is 10.2. The minimum atomic E-state index is -2.68. The van der Waals surface area contributed by atoms with Crippen LogP contribution in [0.4, 0.5) is 10.6 Å².